The van der Waals surface area contributed by atoms with Crippen molar-refractivity contribution in [1.82, 2.24) is 0 Å². The van der Waals surface area contributed by atoms with Crippen LogP contribution in [-0.2, 0) is 0 Å². The number of nitrogens with zero attached hydrogens (tertiary/aromatic N) is 2. The van der Waals surface area contributed by atoms with Gasteiger partial charge in [0, 0.05) is 19.2 Å². The molecule has 0 unspecified atom stereocenters. The first-order valence-electron chi connectivity index (χ1n) is 6.53. The summed E-state index contributed by atoms with van der Waals surface area (Å²) in [6.45, 7) is 2.14. The van der Waals surface area contributed by atoms with E-state index in [-0.39, 0.29) is 11.4 Å². The van der Waals surface area contributed by atoms with Crippen molar-refractivity contribution in [3.05, 3.63) is 47.8 Å². The summed E-state index contributed by atoms with van der Waals surface area (Å²) in [7, 11) is 1.77. The summed E-state index contributed by atoms with van der Waals surface area (Å²) < 4.78 is 19.0. The molecule has 0 heterocycles. The van der Waals surface area contributed by atoms with Gasteiger partial charge in [-0.25, -0.2) is 4.39 Å². The lowest BCUT2D eigenvalue weighted by Gasteiger charge is -2.23. The highest BCUT2D eigenvalue weighted by atomic mass is 19.1. The smallest absolute Gasteiger partial charge is 0.167 e. The number of hydrogen-bond donors (Lipinski definition) is 1. The number of halogens is 1. The number of nitriles is 1. The molecule has 4 nitrogen and oxygen atoms in total. The van der Waals surface area contributed by atoms with E-state index in [2.05, 4.69) is 6.07 Å². The Morgan fingerprint density at radius 2 is 2.00 bits per heavy atom. The molecule has 2 aromatic rings. The molecule has 5 heteroatoms. The van der Waals surface area contributed by atoms with Gasteiger partial charge in [0.1, 0.15) is 6.07 Å². The van der Waals surface area contributed by atoms with Crippen molar-refractivity contribution in [3.63, 3.8) is 0 Å². The molecule has 0 saturated carbocycles. The van der Waals surface area contributed by atoms with Crippen LogP contribution in [0.2, 0.25) is 0 Å². The molecular weight excluding hydrogens is 269 g/mol. The Balaban J connectivity index is 2.50. The van der Waals surface area contributed by atoms with Gasteiger partial charge in [0.05, 0.1) is 29.2 Å². The van der Waals surface area contributed by atoms with Gasteiger partial charge in [-0.3, -0.25) is 0 Å². The lowest BCUT2D eigenvalue weighted by molar-refractivity contribution is 0.322. The third kappa shape index (κ3) is 2.90. The van der Waals surface area contributed by atoms with Gasteiger partial charge in [0.15, 0.2) is 11.6 Å². The first-order chi connectivity index (χ1) is 10.1. The summed E-state index contributed by atoms with van der Waals surface area (Å²) in [6, 6.07) is 12.0. The van der Waals surface area contributed by atoms with E-state index in [4.69, 9.17) is 10.5 Å². The van der Waals surface area contributed by atoms with Crippen LogP contribution in [0.5, 0.6) is 5.75 Å². The summed E-state index contributed by atoms with van der Waals surface area (Å²) in [5.41, 5.74) is 7.98. The van der Waals surface area contributed by atoms with Gasteiger partial charge in [-0.2, -0.15) is 5.26 Å². The van der Waals surface area contributed by atoms with E-state index in [1.807, 2.05) is 12.1 Å². The van der Waals surface area contributed by atoms with Crippen molar-refractivity contribution < 1.29 is 9.13 Å². The van der Waals surface area contributed by atoms with Gasteiger partial charge in [-0.05, 0) is 19.1 Å². The molecule has 0 aliphatic rings. The van der Waals surface area contributed by atoms with Crippen LogP contribution < -0.4 is 15.4 Å². The number of anilines is 3. The van der Waals surface area contributed by atoms with Crippen LogP contribution in [0.15, 0.2) is 36.4 Å². The van der Waals surface area contributed by atoms with Crippen LogP contribution in [0.4, 0.5) is 21.5 Å². The topological polar surface area (TPSA) is 62.3 Å². The largest absolute Gasteiger partial charge is 0.491 e. The summed E-state index contributed by atoms with van der Waals surface area (Å²) in [6.07, 6.45) is 0. The number of para-hydroxylation sites is 1. The lowest BCUT2D eigenvalue weighted by atomic mass is 10.1. The van der Waals surface area contributed by atoms with Gasteiger partial charge in [-0.1, -0.05) is 12.1 Å². The highest BCUT2D eigenvalue weighted by Gasteiger charge is 2.15. The molecule has 0 aliphatic heterocycles. The Labute approximate surface area is 123 Å². The van der Waals surface area contributed by atoms with Crippen LogP contribution in [0.25, 0.3) is 0 Å². The van der Waals surface area contributed by atoms with Crippen LogP contribution in [0, 0.1) is 17.1 Å². The van der Waals surface area contributed by atoms with Crippen LogP contribution in [0.1, 0.15) is 12.5 Å². The molecule has 2 N–H and O–H groups in total. The fourth-order valence-electron chi connectivity index (χ4n) is 2.11. The predicted octanol–water partition coefficient (Wildman–Crippen LogP) is 3.45. The first-order valence-corrected chi connectivity index (χ1v) is 6.53. The van der Waals surface area contributed by atoms with Gasteiger partial charge in [0.2, 0.25) is 0 Å². The zero-order valence-corrected chi connectivity index (χ0v) is 11.9. The second kappa shape index (κ2) is 6.14. The second-order valence-electron chi connectivity index (χ2n) is 4.46. The molecule has 0 amide bonds. The van der Waals surface area contributed by atoms with Gasteiger partial charge in [0.25, 0.3) is 0 Å². The molecule has 0 aromatic heterocycles. The average molecular weight is 285 g/mol. The molecule has 108 valence electrons. The molecule has 0 saturated heterocycles. The Bertz CT molecular complexity index is 694. The predicted molar refractivity (Wildman–Crippen MR) is 81.2 cm³/mol. The van der Waals surface area contributed by atoms with Gasteiger partial charge in [-0.15, -0.1) is 0 Å². The molecule has 0 spiro atoms. The second-order valence-corrected chi connectivity index (χ2v) is 4.46. The van der Waals surface area contributed by atoms with Crippen LogP contribution >= 0.6 is 0 Å². The molecule has 0 aliphatic carbocycles. The third-order valence-corrected chi connectivity index (χ3v) is 3.13. The number of hydrogen-bond acceptors (Lipinski definition) is 4. The fourth-order valence-corrected chi connectivity index (χ4v) is 2.11. The lowest BCUT2D eigenvalue weighted by Crippen LogP contribution is -2.13. The fraction of sp³-hybridized carbons (Fsp3) is 0.188. The molecule has 2 rings (SSSR count). The Kier molecular flexibility index (Phi) is 4.29. The van der Waals surface area contributed by atoms with E-state index in [1.165, 1.54) is 6.07 Å². The highest BCUT2D eigenvalue weighted by Crippen LogP contribution is 2.35. The summed E-state index contributed by atoms with van der Waals surface area (Å²) in [5.74, 6) is -0.358. The van der Waals surface area contributed by atoms with E-state index in [1.54, 1.807) is 37.1 Å². The number of benzene rings is 2. The molecule has 0 fully saturated rings. The molecule has 21 heavy (non-hydrogen) atoms. The zero-order chi connectivity index (χ0) is 15.4. The van der Waals surface area contributed by atoms with E-state index >= 15 is 0 Å². The average Bonchev–Trinajstić information content (AvgIpc) is 2.49. The zero-order valence-electron chi connectivity index (χ0n) is 11.9. The van der Waals surface area contributed by atoms with Crippen molar-refractivity contribution in [2.24, 2.45) is 0 Å². The third-order valence-electron chi connectivity index (χ3n) is 3.13. The van der Waals surface area contributed by atoms with Gasteiger partial charge < -0.3 is 15.4 Å². The molecule has 0 bridgehead atoms. The van der Waals surface area contributed by atoms with Crippen molar-refractivity contribution in [1.29, 1.82) is 5.26 Å². The normalized spacial score (nSPS) is 10.0. The standard InChI is InChI=1S/C16H16FN3O/c1-3-21-16-9-15(13(19)8-12(16)17)20(2)14-7-5-4-6-11(14)10-18/h4-9H,3,19H2,1-2H3. The molecule has 0 radical (unpaired) electrons. The van der Waals surface area contributed by atoms with Crippen molar-refractivity contribution >= 4 is 17.1 Å². The Morgan fingerprint density at radius 3 is 2.67 bits per heavy atom. The van der Waals surface area contributed by atoms with Crippen molar-refractivity contribution in [2.45, 2.75) is 6.92 Å². The summed E-state index contributed by atoms with van der Waals surface area (Å²) >= 11 is 0. The van der Waals surface area contributed by atoms with Crippen LogP contribution in [-0.4, -0.2) is 13.7 Å². The maximum absolute atomic E-state index is 13.8. The minimum Gasteiger partial charge on any atom is -0.491 e. The Morgan fingerprint density at radius 1 is 1.29 bits per heavy atom. The van der Waals surface area contributed by atoms with Crippen molar-refractivity contribution in [3.8, 4) is 11.8 Å². The SMILES string of the molecule is CCOc1cc(N(C)c2ccccc2C#N)c(N)cc1F. The maximum atomic E-state index is 13.8. The maximum Gasteiger partial charge on any atom is 0.167 e. The molecular formula is C16H16FN3O. The number of rotatable bonds is 4. The monoisotopic (exact) mass is 285 g/mol. The van der Waals surface area contributed by atoms with Crippen molar-refractivity contribution in [2.75, 3.05) is 24.3 Å². The minimum absolute atomic E-state index is 0.142. The Hall–Kier alpha value is -2.74. The summed E-state index contributed by atoms with van der Waals surface area (Å²) in [5, 5.41) is 9.17. The number of nitrogens with two attached hydrogens (primary N) is 1. The van der Waals surface area contributed by atoms with E-state index in [0.29, 0.717) is 23.5 Å². The van der Waals surface area contributed by atoms with Crippen LogP contribution in [0.3, 0.4) is 0 Å². The number of nitrogen functional groups attached to an aromatic ring is 1. The highest BCUT2D eigenvalue weighted by molar-refractivity contribution is 5.78. The number of ether oxygens (including phenoxy) is 1. The van der Waals surface area contributed by atoms with E-state index < -0.39 is 5.82 Å². The minimum atomic E-state index is -0.500. The summed E-state index contributed by atoms with van der Waals surface area (Å²) in [4.78, 5) is 1.75. The van der Waals surface area contributed by atoms with E-state index in [9.17, 15) is 9.65 Å². The quantitative estimate of drug-likeness (QED) is 0.874. The van der Waals surface area contributed by atoms with E-state index in [0.717, 1.165) is 0 Å². The first kappa shape index (κ1) is 14.7. The molecule has 0 atom stereocenters. The van der Waals surface area contributed by atoms with Gasteiger partial charge >= 0.3 is 0 Å². The molecule has 2 aromatic carbocycles.